The summed E-state index contributed by atoms with van der Waals surface area (Å²) in [6.07, 6.45) is 0. The molecule has 3 aromatic rings. The van der Waals surface area contributed by atoms with E-state index in [1.165, 1.54) is 0 Å². The molecule has 0 spiro atoms. The highest BCUT2D eigenvalue weighted by atomic mass is 32.1. The lowest BCUT2D eigenvalue weighted by Gasteiger charge is -2.11. The van der Waals surface area contributed by atoms with Crippen molar-refractivity contribution in [1.82, 2.24) is 4.57 Å². The van der Waals surface area contributed by atoms with E-state index in [0.717, 1.165) is 27.3 Å². The normalized spacial score (nSPS) is 11.6. The van der Waals surface area contributed by atoms with Crippen LogP contribution < -0.4 is 14.3 Å². The van der Waals surface area contributed by atoms with Crippen LogP contribution in [0.1, 0.15) is 5.56 Å². The average molecular weight is 370 g/mol. The predicted octanol–water partition coefficient (Wildman–Crippen LogP) is 3.77. The van der Waals surface area contributed by atoms with Gasteiger partial charge < -0.3 is 19.1 Å². The van der Waals surface area contributed by atoms with E-state index in [2.05, 4.69) is 0 Å². The van der Waals surface area contributed by atoms with Crippen molar-refractivity contribution in [2.45, 2.75) is 13.5 Å². The number of hydrogen-bond acceptors (Lipinski definition) is 5. The third-order valence-corrected chi connectivity index (χ3v) is 5.00. The summed E-state index contributed by atoms with van der Waals surface area (Å²) >= 11 is 1.55. The Morgan fingerprint density at radius 2 is 1.85 bits per heavy atom. The summed E-state index contributed by atoms with van der Waals surface area (Å²) in [5, 5.41) is 11.6. The van der Waals surface area contributed by atoms with Gasteiger partial charge in [0, 0.05) is 17.5 Å². The lowest BCUT2D eigenvalue weighted by atomic mass is 10.1. The minimum absolute atomic E-state index is 0.0397. The molecule has 0 radical (unpaired) electrons. The minimum Gasteiger partial charge on any atom is -0.493 e. The second-order valence-electron chi connectivity index (χ2n) is 5.75. The van der Waals surface area contributed by atoms with Crippen LogP contribution in [0.15, 0.2) is 52.8 Å². The van der Waals surface area contributed by atoms with Crippen LogP contribution in [0.5, 0.6) is 11.5 Å². The number of para-hydroxylation sites is 1. The maximum atomic E-state index is 9.53. The summed E-state index contributed by atoms with van der Waals surface area (Å²) in [5.74, 6) is 1.36. The van der Waals surface area contributed by atoms with Crippen molar-refractivity contribution in [2.24, 2.45) is 4.99 Å². The summed E-state index contributed by atoms with van der Waals surface area (Å²) in [5.41, 5.74) is 4.01. The van der Waals surface area contributed by atoms with Crippen LogP contribution in [0.2, 0.25) is 0 Å². The lowest BCUT2D eigenvalue weighted by Crippen LogP contribution is -2.18. The Kier molecular flexibility index (Phi) is 5.75. The van der Waals surface area contributed by atoms with E-state index in [9.17, 15) is 5.11 Å². The highest BCUT2D eigenvalue weighted by Gasteiger charge is 2.12. The van der Waals surface area contributed by atoms with Crippen molar-refractivity contribution >= 4 is 17.0 Å². The first kappa shape index (κ1) is 18.2. The molecule has 0 aliphatic rings. The van der Waals surface area contributed by atoms with Gasteiger partial charge in [-0.25, -0.2) is 4.99 Å². The molecular formula is C20H22N2O3S. The van der Waals surface area contributed by atoms with Crippen molar-refractivity contribution in [3.63, 3.8) is 0 Å². The molecule has 0 bridgehead atoms. The highest BCUT2D eigenvalue weighted by Crippen LogP contribution is 2.32. The lowest BCUT2D eigenvalue weighted by molar-refractivity contribution is 0.275. The molecule has 0 unspecified atom stereocenters. The number of benzene rings is 2. The maximum Gasteiger partial charge on any atom is 0.190 e. The fraction of sp³-hybridized carbons (Fsp3) is 0.250. The molecule has 26 heavy (non-hydrogen) atoms. The van der Waals surface area contributed by atoms with Gasteiger partial charge in [-0.15, -0.1) is 11.3 Å². The van der Waals surface area contributed by atoms with Crippen molar-refractivity contribution in [1.29, 1.82) is 0 Å². The second-order valence-corrected chi connectivity index (χ2v) is 6.58. The van der Waals surface area contributed by atoms with Crippen molar-refractivity contribution in [3.8, 4) is 22.8 Å². The summed E-state index contributed by atoms with van der Waals surface area (Å²) in [4.78, 5) is 5.64. The zero-order valence-electron chi connectivity index (χ0n) is 15.1. The van der Waals surface area contributed by atoms with Gasteiger partial charge in [0.05, 0.1) is 32.2 Å². The number of aryl methyl sites for hydroxylation is 1. The first-order chi connectivity index (χ1) is 12.7. The smallest absolute Gasteiger partial charge is 0.190 e. The molecule has 0 atom stereocenters. The number of methoxy groups -OCH3 is 2. The van der Waals surface area contributed by atoms with E-state index in [1.54, 1.807) is 25.6 Å². The molecule has 0 saturated heterocycles. The number of aromatic nitrogens is 1. The molecule has 2 aromatic carbocycles. The van der Waals surface area contributed by atoms with Gasteiger partial charge in [-0.3, -0.25) is 0 Å². The number of aliphatic hydroxyl groups excluding tert-OH is 1. The number of ether oxygens (including phenoxy) is 2. The topological polar surface area (TPSA) is 56.0 Å². The summed E-state index contributed by atoms with van der Waals surface area (Å²) in [6.45, 7) is 2.55. The van der Waals surface area contributed by atoms with Gasteiger partial charge in [-0.2, -0.15) is 0 Å². The van der Waals surface area contributed by atoms with Crippen LogP contribution in [0.3, 0.4) is 0 Å². The first-order valence-electron chi connectivity index (χ1n) is 8.30. The Morgan fingerprint density at radius 3 is 2.54 bits per heavy atom. The van der Waals surface area contributed by atoms with Crippen molar-refractivity contribution in [2.75, 3.05) is 20.8 Å². The molecule has 1 aromatic heterocycles. The average Bonchev–Trinajstić information content (AvgIpc) is 3.06. The Morgan fingerprint density at radius 1 is 1.08 bits per heavy atom. The van der Waals surface area contributed by atoms with Gasteiger partial charge in [-0.1, -0.05) is 18.2 Å². The van der Waals surface area contributed by atoms with E-state index in [1.807, 2.05) is 59.3 Å². The number of nitrogens with zero attached hydrogens (tertiary/aromatic N) is 2. The SMILES string of the molecule is COc1ccc(-c2csc(=Nc3ccccc3C)n2CCO)cc1OC. The van der Waals surface area contributed by atoms with E-state index >= 15 is 0 Å². The quantitative estimate of drug-likeness (QED) is 0.719. The van der Waals surface area contributed by atoms with Gasteiger partial charge >= 0.3 is 0 Å². The molecular weight excluding hydrogens is 348 g/mol. The predicted molar refractivity (Wildman–Crippen MR) is 104 cm³/mol. The molecule has 0 fully saturated rings. The summed E-state index contributed by atoms with van der Waals surface area (Å²) in [6, 6.07) is 13.8. The van der Waals surface area contributed by atoms with Crippen molar-refractivity contribution in [3.05, 3.63) is 58.2 Å². The monoisotopic (exact) mass is 370 g/mol. The van der Waals surface area contributed by atoms with E-state index in [0.29, 0.717) is 18.0 Å². The Labute approximate surface area is 156 Å². The third kappa shape index (κ3) is 3.66. The third-order valence-electron chi connectivity index (χ3n) is 4.13. The first-order valence-corrected chi connectivity index (χ1v) is 9.18. The zero-order chi connectivity index (χ0) is 18.5. The molecule has 136 valence electrons. The van der Waals surface area contributed by atoms with Gasteiger partial charge in [0.25, 0.3) is 0 Å². The van der Waals surface area contributed by atoms with Crippen molar-refractivity contribution < 1.29 is 14.6 Å². The molecule has 0 amide bonds. The fourth-order valence-electron chi connectivity index (χ4n) is 2.75. The van der Waals surface area contributed by atoms with Gasteiger partial charge in [0.15, 0.2) is 16.3 Å². The maximum absolute atomic E-state index is 9.53. The summed E-state index contributed by atoms with van der Waals surface area (Å²) in [7, 11) is 3.24. The van der Waals surface area contributed by atoms with E-state index in [-0.39, 0.29) is 6.61 Å². The van der Waals surface area contributed by atoms with Gasteiger partial charge in [0.2, 0.25) is 0 Å². The molecule has 5 nitrogen and oxygen atoms in total. The highest BCUT2D eigenvalue weighted by molar-refractivity contribution is 7.07. The molecule has 1 N–H and O–H groups in total. The zero-order valence-corrected chi connectivity index (χ0v) is 15.9. The molecule has 0 saturated carbocycles. The Balaban J connectivity index is 2.13. The fourth-order valence-corrected chi connectivity index (χ4v) is 3.70. The van der Waals surface area contributed by atoms with Crippen LogP contribution in [0.25, 0.3) is 11.3 Å². The molecule has 0 aliphatic carbocycles. The Hall–Kier alpha value is -2.57. The van der Waals surface area contributed by atoms with Gasteiger partial charge in [0.1, 0.15) is 0 Å². The number of aliphatic hydroxyl groups is 1. The van der Waals surface area contributed by atoms with Crippen LogP contribution in [0, 0.1) is 6.92 Å². The molecule has 3 rings (SSSR count). The number of thiazole rings is 1. The molecule has 0 aliphatic heterocycles. The summed E-state index contributed by atoms with van der Waals surface area (Å²) < 4.78 is 12.8. The molecule has 1 heterocycles. The van der Waals surface area contributed by atoms with Crippen LogP contribution in [-0.4, -0.2) is 30.5 Å². The number of hydrogen-bond donors (Lipinski definition) is 1. The van der Waals surface area contributed by atoms with E-state index in [4.69, 9.17) is 14.5 Å². The van der Waals surface area contributed by atoms with E-state index < -0.39 is 0 Å². The second kappa shape index (κ2) is 8.21. The Bertz CT molecular complexity index is 960. The van der Waals surface area contributed by atoms with Gasteiger partial charge in [-0.05, 0) is 36.8 Å². The largest absolute Gasteiger partial charge is 0.493 e. The standard InChI is InChI=1S/C20H22N2O3S/c1-14-6-4-5-7-16(14)21-20-22(10-11-23)17(13-26-20)15-8-9-18(24-2)19(12-15)25-3/h4-9,12-13,23H,10-11H2,1-3H3. The van der Waals surface area contributed by atoms with Crippen LogP contribution >= 0.6 is 11.3 Å². The van der Waals surface area contributed by atoms with Crippen LogP contribution in [0.4, 0.5) is 5.69 Å². The minimum atomic E-state index is 0.0397. The number of rotatable bonds is 6. The van der Waals surface area contributed by atoms with Crippen LogP contribution in [-0.2, 0) is 6.54 Å². The molecule has 6 heteroatoms.